The first-order valence-corrected chi connectivity index (χ1v) is 6.63. The summed E-state index contributed by atoms with van der Waals surface area (Å²) in [5.74, 6) is -0.162. The number of hydrogen-bond acceptors (Lipinski definition) is 4. The molecule has 0 bridgehead atoms. The second-order valence-corrected chi connectivity index (χ2v) is 4.59. The van der Waals surface area contributed by atoms with Crippen molar-refractivity contribution in [3.05, 3.63) is 29.8 Å². The molecule has 0 atom stereocenters. The van der Waals surface area contributed by atoms with Crippen LogP contribution in [-0.2, 0) is 4.74 Å². The van der Waals surface area contributed by atoms with Gasteiger partial charge in [-0.3, -0.25) is 4.79 Å². The van der Waals surface area contributed by atoms with Crippen molar-refractivity contribution < 1.29 is 14.6 Å². The maximum atomic E-state index is 11.8. The maximum Gasteiger partial charge on any atom is 0.251 e. The Balaban J connectivity index is 1.95. The zero-order valence-corrected chi connectivity index (χ0v) is 10.9. The molecule has 1 fully saturated rings. The van der Waals surface area contributed by atoms with Gasteiger partial charge in [-0.05, 0) is 31.0 Å². The van der Waals surface area contributed by atoms with Gasteiger partial charge in [0, 0.05) is 37.1 Å². The minimum atomic E-state index is -0.162. The van der Waals surface area contributed by atoms with Crippen molar-refractivity contribution in [2.45, 2.75) is 18.9 Å². The van der Waals surface area contributed by atoms with Crippen LogP contribution < -0.4 is 10.6 Å². The Morgan fingerprint density at radius 1 is 1.37 bits per heavy atom. The second-order valence-electron chi connectivity index (χ2n) is 4.59. The Bertz CT molecular complexity index is 417. The van der Waals surface area contributed by atoms with E-state index < -0.39 is 0 Å². The number of aliphatic hydroxyl groups is 1. The topological polar surface area (TPSA) is 70.6 Å². The third kappa shape index (κ3) is 4.22. The molecule has 2 rings (SSSR count). The molecule has 3 N–H and O–H groups in total. The van der Waals surface area contributed by atoms with Crippen LogP contribution in [0.5, 0.6) is 0 Å². The summed E-state index contributed by atoms with van der Waals surface area (Å²) in [4.78, 5) is 11.8. The average molecular weight is 264 g/mol. The maximum absolute atomic E-state index is 11.8. The Hall–Kier alpha value is -1.59. The summed E-state index contributed by atoms with van der Waals surface area (Å²) < 4.78 is 5.32. The minimum absolute atomic E-state index is 0.0498. The molecule has 0 aliphatic carbocycles. The van der Waals surface area contributed by atoms with Crippen molar-refractivity contribution in [3.8, 4) is 0 Å². The number of ether oxygens (including phenoxy) is 1. The van der Waals surface area contributed by atoms with Crippen LogP contribution in [0.25, 0.3) is 0 Å². The van der Waals surface area contributed by atoms with E-state index in [9.17, 15) is 4.79 Å². The van der Waals surface area contributed by atoms with Gasteiger partial charge in [-0.2, -0.15) is 0 Å². The van der Waals surface area contributed by atoms with Crippen LogP contribution in [0.3, 0.4) is 0 Å². The van der Waals surface area contributed by atoms with Gasteiger partial charge in [0.2, 0.25) is 0 Å². The number of anilines is 1. The van der Waals surface area contributed by atoms with Crippen LogP contribution in [-0.4, -0.2) is 43.4 Å². The fourth-order valence-corrected chi connectivity index (χ4v) is 2.10. The first-order chi connectivity index (χ1) is 9.29. The molecule has 104 valence electrons. The minimum Gasteiger partial charge on any atom is -0.395 e. The molecule has 1 amide bonds. The van der Waals surface area contributed by atoms with E-state index in [0.29, 0.717) is 11.6 Å². The second kappa shape index (κ2) is 7.11. The molecule has 0 aromatic heterocycles. The summed E-state index contributed by atoms with van der Waals surface area (Å²) in [6.07, 6.45) is 1.97. The number of nitrogens with one attached hydrogen (secondary N) is 2. The van der Waals surface area contributed by atoms with Crippen molar-refractivity contribution in [3.63, 3.8) is 0 Å². The van der Waals surface area contributed by atoms with Crippen LogP contribution in [0.15, 0.2) is 24.3 Å². The van der Waals surface area contributed by atoms with Gasteiger partial charge in [0.05, 0.1) is 6.61 Å². The van der Waals surface area contributed by atoms with Gasteiger partial charge >= 0.3 is 0 Å². The van der Waals surface area contributed by atoms with E-state index in [4.69, 9.17) is 9.84 Å². The van der Waals surface area contributed by atoms with Gasteiger partial charge in [0.15, 0.2) is 0 Å². The molecule has 0 saturated carbocycles. The predicted octanol–water partition coefficient (Wildman–Crippen LogP) is 1.000. The largest absolute Gasteiger partial charge is 0.395 e. The summed E-state index contributed by atoms with van der Waals surface area (Å²) in [6.45, 7) is 1.80. The zero-order valence-electron chi connectivity index (χ0n) is 10.9. The summed E-state index contributed by atoms with van der Waals surface area (Å²) in [6, 6.07) is 7.82. The lowest BCUT2D eigenvalue weighted by Crippen LogP contribution is -2.28. The molecule has 1 aromatic rings. The molecule has 0 unspecified atom stereocenters. The van der Waals surface area contributed by atoms with Crippen LogP contribution in [0.1, 0.15) is 23.2 Å². The Labute approximate surface area is 113 Å². The van der Waals surface area contributed by atoms with Gasteiger partial charge in [-0.1, -0.05) is 6.07 Å². The van der Waals surface area contributed by atoms with Gasteiger partial charge in [-0.25, -0.2) is 0 Å². The average Bonchev–Trinajstić information content (AvgIpc) is 2.46. The van der Waals surface area contributed by atoms with E-state index in [1.807, 2.05) is 18.2 Å². The highest BCUT2D eigenvalue weighted by Gasteiger charge is 2.14. The third-order valence-corrected chi connectivity index (χ3v) is 3.11. The van der Waals surface area contributed by atoms with Gasteiger partial charge in [0.25, 0.3) is 5.91 Å². The quantitative estimate of drug-likeness (QED) is 0.742. The highest BCUT2D eigenvalue weighted by Crippen LogP contribution is 2.16. The highest BCUT2D eigenvalue weighted by molar-refractivity contribution is 5.95. The van der Waals surface area contributed by atoms with E-state index in [1.54, 1.807) is 6.07 Å². The van der Waals surface area contributed by atoms with Gasteiger partial charge in [0.1, 0.15) is 0 Å². The van der Waals surface area contributed by atoms with Gasteiger partial charge in [-0.15, -0.1) is 0 Å². The number of carbonyl (C=O) groups excluding carboxylic acids is 1. The first-order valence-electron chi connectivity index (χ1n) is 6.63. The standard InChI is InChI=1S/C14H20N2O3/c17-7-6-15-14(18)11-2-1-3-13(10-11)16-12-4-8-19-9-5-12/h1-3,10,12,16-17H,4-9H2,(H,15,18). The molecule has 1 aliphatic rings. The fraction of sp³-hybridized carbons (Fsp3) is 0.500. The molecule has 5 nitrogen and oxygen atoms in total. The van der Waals surface area contributed by atoms with Crippen LogP contribution >= 0.6 is 0 Å². The molecule has 5 heteroatoms. The number of carbonyl (C=O) groups is 1. The zero-order chi connectivity index (χ0) is 13.5. The molecule has 1 aliphatic heterocycles. The molecule has 19 heavy (non-hydrogen) atoms. The van der Waals surface area contributed by atoms with Gasteiger partial charge < -0.3 is 20.5 Å². The van der Waals surface area contributed by atoms with Crippen molar-refractivity contribution in [2.24, 2.45) is 0 Å². The van der Waals surface area contributed by atoms with Crippen LogP contribution in [0, 0.1) is 0 Å². The number of hydrogen-bond donors (Lipinski definition) is 3. The number of amides is 1. The number of aliphatic hydroxyl groups excluding tert-OH is 1. The summed E-state index contributed by atoms with van der Waals surface area (Å²) in [5.41, 5.74) is 1.55. The molecule has 1 saturated heterocycles. The fourth-order valence-electron chi connectivity index (χ4n) is 2.10. The summed E-state index contributed by atoms with van der Waals surface area (Å²) in [7, 11) is 0. The molecular weight excluding hydrogens is 244 g/mol. The van der Waals surface area contributed by atoms with Crippen molar-refractivity contribution in [2.75, 3.05) is 31.7 Å². The normalized spacial score (nSPS) is 16.1. The lowest BCUT2D eigenvalue weighted by atomic mass is 10.1. The van der Waals surface area contributed by atoms with Crippen molar-refractivity contribution in [1.82, 2.24) is 5.32 Å². The van der Waals surface area contributed by atoms with Crippen molar-refractivity contribution >= 4 is 11.6 Å². The lowest BCUT2D eigenvalue weighted by molar-refractivity contribution is 0.0904. The summed E-state index contributed by atoms with van der Waals surface area (Å²) in [5, 5.41) is 14.8. The molecular formula is C14H20N2O3. The van der Waals surface area contributed by atoms with Crippen molar-refractivity contribution in [1.29, 1.82) is 0 Å². The lowest BCUT2D eigenvalue weighted by Gasteiger charge is -2.24. The monoisotopic (exact) mass is 264 g/mol. The Morgan fingerprint density at radius 2 is 2.16 bits per heavy atom. The van der Waals surface area contributed by atoms with Crippen LogP contribution in [0.2, 0.25) is 0 Å². The molecule has 0 radical (unpaired) electrons. The number of benzene rings is 1. The van der Waals surface area contributed by atoms with E-state index in [0.717, 1.165) is 31.7 Å². The molecule has 1 aromatic carbocycles. The van der Waals surface area contributed by atoms with E-state index in [2.05, 4.69) is 10.6 Å². The molecule has 0 spiro atoms. The number of rotatable bonds is 5. The smallest absolute Gasteiger partial charge is 0.251 e. The first kappa shape index (κ1) is 13.8. The highest BCUT2D eigenvalue weighted by atomic mass is 16.5. The third-order valence-electron chi connectivity index (χ3n) is 3.11. The molecule has 1 heterocycles. The van der Waals surface area contributed by atoms with E-state index >= 15 is 0 Å². The van der Waals surface area contributed by atoms with E-state index in [1.165, 1.54) is 0 Å². The van der Waals surface area contributed by atoms with Crippen LogP contribution in [0.4, 0.5) is 5.69 Å². The van der Waals surface area contributed by atoms with E-state index in [-0.39, 0.29) is 19.1 Å². The Kier molecular flexibility index (Phi) is 5.18. The predicted molar refractivity (Wildman–Crippen MR) is 73.3 cm³/mol. The summed E-state index contributed by atoms with van der Waals surface area (Å²) >= 11 is 0. The SMILES string of the molecule is O=C(NCCO)c1cccc(NC2CCOCC2)c1. The Morgan fingerprint density at radius 3 is 2.89 bits per heavy atom.